The molecule has 18 heavy (non-hydrogen) atoms. The van der Waals surface area contributed by atoms with Crippen molar-refractivity contribution in [1.29, 1.82) is 5.41 Å². The minimum Gasteiger partial charge on any atom is -0.384 e. The second-order valence-corrected chi connectivity index (χ2v) is 4.78. The maximum absolute atomic E-state index is 12.2. The van der Waals surface area contributed by atoms with Crippen molar-refractivity contribution in [3.05, 3.63) is 28.2 Å². The van der Waals surface area contributed by atoms with Gasteiger partial charge in [0.05, 0.1) is 6.42 Å². The molecule has 3 N–H and O–H groups in total. The van der Waals surface area contributed by atoms with Crippen molar-refractivity contribution in [2.45, 2.75) is 12.6 Å². The van der Waals surface area contributed by atoms with Crippen LogP contribution in [0.5, 0.6) is 0 Å². The summed E-state index contributed by atoms with van der Waals surface area (Å²) in [6.07, 6.45) is -5.11. The molecule has 0 aliphatic heterocycles. The lowest BCUT2D eigenvalue weighted by Crippen LogP contribution is -2.26. The van der Waals surface area contributed by atoms with Gasteiger partial charge in [0.25, 0.3) is 0 Å². The van der Waals surface area contributed by atoms with Crippen LogP contribution in [-0.2, 0) is 0 Å². The van der Waals surface area contributed by atoms with Crippen molar-refractivity contribution >= 4 is 27.5 Å². The lowest BCUT2D eigenvalue weighted by atomic mass is 10.1. The van der Waals surface area contributed by atoms with Crippen molar-refractivity contribution in [3.8, 4) is 0 Å². The molecule has 0 spiro atoms. The number of alkyl halides is 3. The minimum atomic E-state index is -4.20. The summed E-state index contributed by atoms with van der Waals surface area (Å²) in [5.74, 6) is -0.170. The summed E-state index contributed by atoms with van der Waals surface area (Å²) in [5.41, 5.74) is 6.32. The molecule has 0 atom stereocenters. The van der Waals surface area contributed by atoms with E-state index < -0.39 is 12.6 Å². The van der Waals surface area contributed by atoms with E-state index >= 15 is 0 Å². The monoisotopic (exact) mass is 323 g/mol. The molecule has 7 heteroatoms. The topological polar surface area (TPSA) is 53.1 Å². The maximum atomic E-state index is 12.2. The first-order valence-electron chi connectivity index (χ1n) is 5.12. The molecular weight excluding hydrogens is 311 g/mol. The van der Waals surface area contributed by atoms with Gasteiger partial charge >= 0.3 is 6.18 Å². The van der Waals surface area contributed by atoms with Crippen molar-refractivity contribution in [1.82, 2.24) is 0 Å². The fourth-order valence-corrected chi connectivity index (χ4v) is 1.81. The Labute approximate surface area is 111 Å². The Morgan fingerprint density at radius 1 is 1.44 bits per heavy atom. The van der Waals surface area contributed by atoms with Crippen molar-refractivity contribution < 1.29 is 13.2 Å². The van der Waals surface area contributed by atoms with Crippen LogP contribution in [0.2, 0.25) is 0 Å². The van der Waals surface area contributed by atoms with Gasteiger partial charge in [-0.1, -0.05) is 15.9 Å². The number of anilines is 1. The van der Waals surface area contributed by atoms with E-state index in [1.807, 2.05) is 0 Å². The zero-order chi connectivity index (χ0) is 13.9. The third kappa shape index (κ3) is 4.21. The number of benzene rings is 1. The average molecular weight is 324 g/mol. The van der Waals surface area contributed by atoms with Gasteiger partial charge in [-0.05, 0) is 18.2 Å². The molecule has 1 aromatic rings. The smallest absolute Gasteiger partial charge is 0.384 e. The largest absolute Gasteiger partial charge is 0.390 e. The summed E-state index contributed by atoms with van der Waals surface area (Å²) in [4.78, 5) is 1.44. The number of rotatable bonds is 4. The number of hydrogen-bond donors (Lipinski definition) is 2. The van der Waals surface area contributed by atoms with Gasteiger partial charge in [-0.2, -0.15) is 13.2 Å². The lowest BCUT2D eigenvalue weighted by Gasteiger charge is -2.23. The average Bonchev–Trinajstić information content (AvgIpc) is 2.24. The van der Waals surface area contributed by atoms with E-state index in [2.05, 4.69) is 15.9 Å². The Kier molecular flexibility index (Phi) is 4.61. The Morgan fingerprint density at radius 2 is 2.06 bits per heavy atom. The van der Waals surface area contributed by atoms with Gasteiger partial charge in [-0.3, -0.25) is 5.41 Å². The SMILES string of the molecule is CN(CCC(F)(F)F)c1cc(Br)ccc1C(=N)N. The number of halogens is 4. The maximum Gasteiger partial charge on any atom is 0.390 e. The predicted molar refractivity (Wildman–Crippen MR) is 69.1 cm³/mol. The van der Waals surface area contributed by atoms with E-state index in [4.69, 9.17) is 11.1 Å². The second kappa shape index (κ2) is 5.60. The highest BCUT2D eigenvalue weighted by Crippen LogP contribution is 2.26. The Morgan fingerprint density at radius 3 is 2.56 bits per heavy atom. The van der Waals surface area contributed by atoms with Crippen molar-refractivity contribution in [2.75, 3.05) is 18.5 Å². The summed E-state index contributed by atoms with van der Waals surface area (Å²) < 4.78 is 37.2. The van der Waals surface area contributed by atoms with E-state index in [-0.39, 0.29) is 12.4 Å². The molecule has 100 valence electrons. The highest BCUT2D eigenvalue weighted by atomic mass is 79.9. The normalized spacial score (nSPS) is 11.4. The number of nitrogen functional groups attached to an aromatic ring is 1. The molecule has 0 saturated heterocycles. The molecule has 0 radical (unpaired) electrons. The van der Waals surface area contributed by atoms with E-state index in [1.54, 1.807) is 25.2 Å². The molecule has 0 bridgehead atoms. The van der Waals surface area contributed by atoms with E-state index in [9.17, 15) is 13.2 Å². The fraction of sp³-hybridized carbons (Fsp3) is 0.364. The Balaban J connectivity index is 2.93. The predicted octanol–water partition coefficient (Wildman–Crippen LogP) is 3.12. The number of nitrogens with two attached hydrogens (primary N) is 1. The molecule has 0 heterocycles. The highest BCUT2D eigenvalue weighted by molar-refractivity contribution is 9.10. The molecule has 0 unspecified atom stereocenters. The molecule has 1 aromatic carbocycles. The molecule has 0 aromatic heterocycles. The Bertz CT molecular complexity index is 446. The summed E-state index contributed by atoms with van der Waals surface area (Å²) >= 11 is 3.24. The third-order valence-electron chi connectivity index (χ3n) is 2.39. The molecule has 0 aliphatic rings. The van der Waals surface area contributed by atoms with Gasteiger partial charge < -0.3 is 10.6 Å². The molecule has 0 fully saturated rings. The molecular formula is C11H13BrF3N3. The van der Waals surface area contributed by atoms with Crippen LogP contribution in [0.15, 0.2) is 22.7 Å². The number of amidine groups is 1. The van der Waals surface area contributed by atoms with Crippen molar-refractivity contribution in [2.24, 2.45) is 5.73 Å². The van der Waals surface area contributed by atoms with Crippen LogP contribution in [-0.4, -0.2) is 25.6 Å². The summed E-state index contributed by atoms with van der Waals surface area (Å²) in [5, 5.41) is 7.41. The summed E-state index contributed by atoms with van der Waals surface area (Å²) in [6.45, 7) is -0.180. The fourth-order valence-electron chi connectivity index (χ4n) is 1.46. The number of nitrogens with one attached hydrogen (secondary N) is 1. The minimum absolute atomic E-state index is 0.170. The first kappa shape index (κ1) is 14.8. The van der Waals surface area contributed by atoms with Gasteiger partial charge in [0.2, 0.25) is 0 Å². The number of nitrogens with zero attached hydrogens (tertiary/aromatic N) is 1. The zero-order valence-corrected chi connectivity index (χ0v) is 11.3. The van der Waals surface area contributed by atoms with Gasteiger partial charge in [-0.25, -0.2) is 0 Å². The van der Waals surface area contributed by atoms with E-state index in [1.165, 1.54) is 4.90 Å². The standard InChI is InChI=1S/C11H13BrF3N3/c1-18(5-4-11(13,14)15)9-6-7(12)2-3-8(9)10(16)17/h2-3,6H,4-5H2,1H3,(H3,16,17). The van der Waals surface area contributed by atoms with Crippen LogP contribution in [0.3, 0.4) is 0 Å². The summed E-state index contributed by atoms with van der Waals surface area (Å²) in [6, 6.07) is 4.94. The second-order valence-electron chi connectivity index (χ2n) is 3.86. The quantitative estimate of drug-likeness (QED) is 0.660. The van der Waals surface area contributed by atoms with E-state index in [0.29, 0.717) is 11.3 Å². The zero-order valence-electron chi connectivity index (χ0n) is 9.68. The highest BCUT2D eigenvalue weighted by Gasteiger charge is 2.27. The molecule has 0 saturated carbocycles. The van der Waals surface area contributed by atoms with Crippen molar-refractivity contribution in [3.63, 3.8) is 0 Å². The van der Waals surface area contributed by atoms with Gasteiger partial charge in [0.15, 0.2) is 0 Å². The Hall–Kier alpha value is -1.24. The van der Waals surface area contributed by atoms with Crippen LogP contribution < -0.4 is 10.6 Å². The summed E-state index contributed by atoms with van der Waals surface area (Å²) in [7, 11) is 1.54. The molecule has 3 nitrogen and oxygen atoms in total. The molecule has 1 rings (SSSR count). The lowest BCUT2D eigenvalue weighted by molar-refractivity contribution is -0.132. The van der Waals surface area contributed by atoms with Crippen LogP contribution in [0, 0.1) is 5.41 Å². The van der Waals surface area contributed by atoms with Crippen LogP contribution in [0.25, 0.3) is 0 Å². The van der Waals surface area contributed by atoms with Gasteiger partial charge in [-0.15, -0.1) is 0 Å². The van der Waals surface area contributed by atoms with E-state index in [0.717, 1.165) is 4.47 Å². The number of hydrogen-bond acceptors (Lipinski definition) is 2. The first-order chi connectivity index (χ1) is 8.20. The van der Waals surface area contributed by atoms with Gasteiger partial charge in [0.1, 0.15) is 5.84 Å². The molecule has 0 amide bonds. The van der Waals surface area contributed by atoms with Gasteiger partial charge in [0, 0.05) is 29.3 Å². The van der Waals surface area contributed by atoms with Crippen LogP contribution in [0.4, 0.5) is 18.9 Å². The molecule has 0 aliphatic carbocycles. The first-order valence-corrected chi connectivity index (χ1v) is 5.92. The third-order valence-corrected chi connectivity index (χ3v) is 2.89. The van der Waals surface area contributed by atoms with Crippen LogP contribution >= 0.6 is 15.9 Å². The van der Waals surface area contributed by atoms with Crippen LogP contribution in [0.1, 0.15) is 12.0 Å².